The number of carbonyl (C=O) groups is 1. The summed E-state index contributed by atoms with van der Waals surface area (Å²) in [4.78, 5) is 17.5. The van der Waals surface area contributed by atoms with Crippen molar-refractivity contribution in [3.8, 4) is 11.3 Å². The van der Waals surface area contributed by atoms with Crippen LogP contribution in [0, 0.1) is 10.5 Å². The number of benzene rings is 1. The first-order valence-electron chi connectivity index (χ1n) is 4.66. The summed E-state index contributed by atoms with van der Waals surface area (Å²) in [6.07, 6.45) is 3.01. The average molecular weight is 250 g/mol. The Bertz CT molecular complexity index is 639. The van der Waals surface area contributed by atoms with E-state index in [1.807, 2.05) is 0 Å². The van der Waals surface area contributed by atoms with E-state index in [4.69, 9.17) is 17.3 Å². The molecule has 0 saturated carbocycles. The predicted molar refractivity (Wildman–Crippen MR) is 61.8 cm³/mol. The van der Waals surface area contributed by atoms with Crippen LogP contribution >= 0.6 is 12.2 Å². The van der Waals surface area contributed by atoms with Gasteiger partial charge in [0.05, 0.1) is 5.56 Å². The first-order valence-corrected chi connectivity index (χ1v) is 5.06. The highest BCUT2D eigenvalue weighted by atomic mass is 32.1. The maximum atomic E-state index is 13.3. The number of rotatable bonds is 2. The first-order chi connectivity index (χ1) is 8.08. The van der Waals surface area contributed by atoms with Crippen molar-refractivity contribution in [1.82, 2.24) is 9.97 Å². The van der Waals surface area contributed by atoms with Crippen LogP contribution in [0.2, 0.25) is 0 Å². The summed E-state index contributed by atoms with van der Waals surface area (Å²) in [7, 11) is 0. The quantitative estimate of drug-likeness (QED) is 0.804. The van der Waals surface area contributed by atoms with Crippen LogP contribution in [0.1, 0.15) is 10.4 Å². The van der Waals surface area contributed by atoms with Gasteiger partial charge in [0.1, 0.15) is 16.2 Å². The fraction of sp³-hybridized carbons (Fsp3) is 0. The SMILES string of the molecule is O=C(O)c1cc(F)cc(-c2ncc[nH]c2=S)c1. The Kier molecular flexibility index (Phi) is 2.97. The summed E-state index contributed by atoms with van der Waals surface area (Å²) < 4.78 is 13.6. The summed E-state index contributed by atoms with van der Waals surface area (Å²) in [6.45, 7) is 0. The predicted octanol–water partition coefficient (Wildman–Crippen LogP) is 2.64. The standard InChI is InChI=1S/C11H7FN2O2S/c12-8-4-6(3-7(5-8)11(15)16)9-10(17)14-2-1-13-9/h1-5H,(H,14,17)(H,15,16). The second-order valence-electron chi connectivity index (χ2n) is 3.30. The van der Waals surface area contributed by atoms with Gasteiger partial charge < -0.3 is 10.1 Å². The van der Waals surface area contributed by atoms with Crippen molar-refractivity contribution in [3.05, 3.63) is 46.6 Å². The smallest absolute Gasteiger partial charge is 0.335 e. The Balaban J connectivity index is 2.64. The molecule has 17 heavy (non-hydrogen) atoms. The lowest BCUT2D eigenvalue weighted by molar-refractivity contribution is 0.0696. The number of H-pyrrole nitrogens is 1. The lowest BCUT2D eigenvalue weighted by atomic mass is 10.1. The molecule has 2 aromatic rings. The number of hydrogen-bond donors (Lipinski definition) is 2. The van der Waals surface area contributed by atoms with Crippen molar-refractivity contribution >= 4 is 18.2 Å². The third kappa shape index (κ3) is 2.36. The van der Waals surface area contributed by atoms with Gasteiger partial charge in [-0.3, -0.25) is 4.98 Å². The van der Waals surface area contributed by atoms with Gasteiger partial charge in [0.15, 0.2) is 0 Å². The number of carboxylic acid groups (broad SMARTS) is 1. The summed E-state index contributed by atoms with van der Waals surface area (Å²) in [5, 5.41) is 8.83. The Hall–Kier alpha value is -2.08. The number of hydrogen-bond acceptors (Lipinski definition) is 3. The minimum atomic E-state index is -1.20. The van der Waals surface area contributed by atoms with E-state index in [1.165, 1.54) is 18.3 Å². The highest BCUT2D eigenvalue weighted by molar-refractivity contribution is 7.71. The molecular weight excluding hydrogens is 243 g/mol. The summed E-state index contributed by atoms with van der Waals surface area (Å²) >= 11 is 5.00. The topological polar surface area (TPSA) is 66.0 Å². The van der Waals surface area contributed by atoms with Crippen molar-refractivity contribution < 1.29 is 14.3 Å². The fourth-order valence-electron chi connectivity index (χ4n) is 1.41. The third-order valence-electron chi connectivity index (χ3n) is 2.13. The average Bonchev–Trinajstić information content (AvgIpc) is 2.28. The van der Waals surface area contributed by atoms with Gasteiger partial charge in [0.2, 0.25) is 0 Å². The van der Waals surface area contributed by atoms with Crippen LogP contribution in [0.15, 0.2) is 30.6 Å². The number of nitrogens with one attached hydrogen (secondary N) is 1. The van der Waals surface area contributed by atoms with Crippen LogP contribution in [0.5, 0.6) is 0 Å². The van der Waals surface area contributed by atoms with Gasteiger partial charge in [0, 0.05) is 18.0 Å². The van der Waals surface area contributed by atoms with Crippen molar-refractivity contribution in [1.29, 1.82) is 0 Å². The van der Waals surface area contributed by atoms with Crippen LogP contribution in [-0.2, 0) is 0 Å². The highest BCUT2D eigenvalue weighted by Crippen LogP contribution is 2.20. The Morgan fingerprint density at radius 3 is 2.82 bits per heavy atom. The lowest BCUT2D eigenvalue weighted by Crippen LogP contribution is -1.98. The largest absolute Gasteiger partial charge is 0.478 e. The number of aromatic carboxylic acids is 1. The lowest BCUT2D eigenvalue weighted by Gasteiger charge is -2.03. The monoisotopic (exact) mass is 250 g/mol. The zero-order valence-electron chi connectivity index (χ0n) is 8.48. The summed E-state index contributed by atoms with van der Waals surface area (Å²) in [5.41, 5.74) is 0.550. The molecule has 0 unspecified atom stereocenters. The zero-order valence-corrected chi connectivity index (χ0v) is 9.29. The van der Waals surface area contributed by atoms with Gasteiger partial charge >= 0.3 is 5.97 Å². The van der Waals surface area contributed by atoms with Gasteiger partial charge in [-0.15, -0.1) is 0 Å². The first kappa shape index (κ1) is 11.4. The van der Waals surface area contributed by atoms with Crippen molar-refractivity contribution in [2.45, 2.75) is 0 Å². The van der Waals surface area contributed by atoms with E-state index >= 15 is 0 Å². The summed E-state index contributed by atoms with van der Waals surface area (Å²) in [6, 6.07) is 3.47. The highest BCUT2D eigenvalue weighted by Gasteiger charge is 2.10. The van der Waals surface area contributed by atoms with E-state index in [9.17, 15) is 9.18 Å². The number of nitrogens with zero attached hydrogens (tertiary/aromatic N) is 1. The van der Waals surface area contributed by atoms with E-state index < -0.39 is 11.8 Å². The molecule has 2 rings (SSSR count). The molecule has 0 aliphatic carbocycles. The number of carboxylic acids is 1. The molecule has 0 aliphatic rings. The fourth-order valence-corrected chi connectivity index (χ4v) is 1.65. The molecule has 4 nitrogen and oxygen atoms in total. The normalized spacial score (nSPS) is 10.2. The molecular formula is C11H7FN2O2S. The molecule has 6 heteroatoms. The molecule has 0 fully saturated rings. The number of aromatic amines is 1. The minimum absolute atomic E-state index is 0.139. The van der Waals surface area contributed by atoms with Crippen molar-refractivity contribution in [3.63, 3.8) is 0 Å². The molecule has 1 heterocycles. The minimum Gasteiger partial charge on any atom is -0.478 e. The molecule has 0 spiro atoms. The Morgan fingerprint density at radius 2 is 2.18 bits per heavy atom. The van der Waals surface area contributed by atoms with Crippen molar-refractivity contribution in [2.24, 2.45) is 0 Å². The molecule has 0 saturated heterocycles. The number of halogens is 1. The molecule has 0 radical (unpaired) electrons. The Labute approximate surface area is 101 Å². The van der Waals surface area contributed by atoms with Gasteiger partial charge in [-0.05, 0) is 18.2 Å². The molecule has 0 aliphatic heterocycles. The second kappa shape index (κ2) is 4.42. The van der Waals surface area contributed by atoms with Crippen molar-refractivity contribution in [2.75, 3.05) is 0 Å². The molecule has 0 amide bonds. The van der Waals surface area contributed by atoms with Crippen LogP contribution in [0.4, 0.5) is 4.39 Å². The van der Waals surface area contributed by atoms with E-state index in [0.29, 0.717) is 15.9 Å². The van der Waals surface area contributed by atoms with Crippen LogP contribution < -0.4 is 0 Å². The Morgan fingerprint density at radius 1 is 1.41 bits per heavy atom. The van der Waals surface area contributed by atoms with E-state index in [-0.39, 0.29) is 5.56 Å². The van der Waals surface area contributed by atoms with Crippen LogP contribution in [0.25, 0.3) is 11.3 Å². The zero-order chi connectivity index (χ0) is 12.4. The molecule has 1 aromatic heterocycles. The van der Waals surface area contributed by atoms with Gasteiger partial charge in [-0.25, -0.2) is 9.18 Å². The molecule has 1 aromatic carbocycles. The summed E-state index contributed by atoms with van der Waals surface area (Å²) in [5.74, 6) is -1.84. The van der Waals surface area contributed by atoms with E-state index in [2.05, 4.69) is 9.97 Å². The van der Waals surface area contributed by atoms with Gasteiger partial charge in [-0.2, -0.15) is 0 Å². The number of aromatic nitrogens is 2. The molecule has 2 N–H and O–H groups in total. The van der Waals surface area contributed by atoms with E-state index in [1.54, 1.807) is 6.20 Å². The molecule has 0 atom stereocenters. The maximum Gasteiger partial charge on any atom is 0.335 e. The molecule has 86 valence electrons. The third-order valence-corrected chi connectivity index (χ3v) is 2.44. The van der Waals surface area contributed by atoms with Gasteiger partial charge in [0.25, 0.3) is 0 Å². The van der Waals surface area contributed by atoms with Crippen LogP contribution in [-0.4, -0.2) is 21.0 Å². The molecule has 0 bridgehead atoms. The van der Waals surface area contributed by atoms with Crippen LogP contribution in [0.3, 0.4) is 0 Å². The second-order valence-corrected chi connectivity index (χ2v) is 3.71. The van der Waals surface area contributed by atoms with Gasteiger partial charge in [-0.1, -0.05) is 12.2 Å². The maximum absolute atomic E-state index is 13.3. The van der Waals surface area contributed by atoms with E-state index in [0.717, 1.165) is 6.07 Å².